The molecule has 0 aliphatic heterocycles. The van der Waals surface area contributed by atoms with E-state index in [1.54, 1.807) is 0 Å². The van der Waals surface area contributed by atoms with Crippen molar-refractivity contribution < 1.29 is 9.13 Å². The average Bonchev–Trinajstić information content (AvgIpc) is 2.74. The standard InChI is InChI=1S/C12H18N2S2/c1-9-11(3)15-7-13(9)5-6-14-8-16-12(4)10(14)2/h7-8H,5-6H2,1-4H3/q+2. The second kappa shape index (κ2) is 4.63. The third kappa shape index (κ3) is 2.18. The minimum absolute atomic E-state index is 1.07. The minimum Gasteiger partial charge on any atom is -0.186 e. The number of rotatable bonds is 3. The first-order valence-corrected chi connectivity index (χ1v) is 7.24. The normalized spacial score (nSPS) is 11.0. The van der Waals surface area contributed by atoms with E-state index in [2.05, 4.69) is 47.9 Å². The fraction of sp³-hybridized carbons (Fsp3) is 0.500. The van der Waals surface area contributed by atoms with Gasteiger partial charge in [-0.05, 0) is 13.8 Å². The van der Waals surface area contributed by atoms with E-state index in [1.807, 2.05) is 22.7 Å². The number of hydrogen-bond acceptors (Lipinski definition) is 2. The monoisotopic (exact) mass is 254 g/mol. The highest BCUT2D eigenvalue weighted by Crippen LogP contribution is 2.09. The minimum atomic E-state index is 1.07. The summed E-state index contributed by atoms with van der Waals surface area (Å²) in [5.74, 6) is 0. The summed E-state index contributed by atoms with van der Waals surface area (Å²) in [6.07, 6.45) is 0. The lowest BCUT2D eigenvalue weighted by atomic mass is 10.4. The van der Waals surface area contributed by atoms with Crippen LogP contribution in [0.4, 0.5) is 0 Å². The van der Waals surface area contributed by atoms with Crippen LogP contribution in [0.15, 0.2) is 11.0 Å². The molecule has 0 saturated carbocycles. The van der Waals surface area contributed by atoms with E-state index in [0.29, 0.717) is 0 Å². The molecule has 2 aromatic heterocycles. The third-order valence-corrected chi connectivity index (χ3v) is 5.19. The van der Waals surface area contributed by atoms with Crippen LogP contribution in [0, 0.1) is 27.7 Å². The molecule has 2 nitrogen and oxygen atoms in total. The van der Waals surface area contributed by atoms with Crippen LogP contribution in [0.5, 0.6) is 0 Å². The van der Waals surface area contributed by atoms with Crippen molar-refractivity contribution in [2.45, 2.75) is 40.8 Å². The van der Waals surface area contributed by atoms with Crippen molar-refractivity contribution in [3.63, 3.8) is 0 Å². The van der Waals surface area contributed by atoms with Crippen LogP contribution in [0.25, 0.3) is 0 Å². The first-order valence-electron chi connectivity index (χ1n) is 5.48. The predicted octanol–water partition coefficient (Wildman–Crippen LogP) is 2.32. The molecule has 0 radical (unpaired) electrons. The van der Waals surface area contributed by atoms with Crippen molar-refractivity contribution in [1.82, 2.24) is 0 Å². The Kier molecular flexibility index (Phi) is 3.40. The third-order valence-electron chi connectivity index (χ3n) is 3.18. The van der Waals surface area contributed by atoms with Gasteiger partial charge in [-0.3, -0.25) is 0 Å². The molecule has 0 bridgehead atoms. The highest BCUT2D eigenvalue weighted by atomic mass is 32.1. The maximum Gasteiger partial charge on any atom is 0.225 e. The first-order chi connectivity index (χ1) is 7.59. The zero-order chi connectivity index (χ0) is 11.7. The summed E-state index contributed by atoms with van der Waals surface area (Å²) in [5.41, 5.74) is 7.24. The molecule has 0 spiro atoms. The molecule has 2 rings (SSSR count). The average molecular weight is 254 g/mol. The van der Waals surface area contributed by atoms with E-state index in [-0.39, 0.29) is 0 Å². The van der Waals surface area contributed by atoms with Gasteiger partial charge in [-0.2, -0.15) is 9.13 Å². The number of aromatic nitrogens is 2. The Morgan fingerprint density at radius 3 is 1.44 bits per heavy atom. The van der Waals surface area contributed by atoms with Crippen molar-refractivity contribution in [2.75, 3.05) is 0 Å². The lowest BCUT2D eigenvalue weighted by Gasteiger charge is -1.94. The Labute approximate surface area is 105 Å². The Balaban J connectivity index is 2.08. The molecule has 2 aromatic rings. The van der Waals surface area contributed by atoms with E-state index in [9.17, 15) is 0 Å². The van der Waals surface area contributed by atoms with Gasteiger partial charge in [0.05, 0.1) is 9.75 Å². The van der Waals surface area contributed by atoms with E-state index < -0.39 is 0 Å². The molecule has 16 heavy (non-hydrogen) atoms. The summed E-state index contributed by atoms with van der Waals surface area (Å²) < 4.78 is 4.69. The smallest absolute Gasteiger partial charge is 0.186 e. The summed E-state index contributed by atoms with van der Waals surface area (Å²) >= 11 is 3.66. The molecule has 4 heteroatoms. The Hall–Kier alpha value is -0.740. The fourth-order valence-electron chi connectivity index (χ4n) is 1.67. The van der Waals surface area contributed by atoms with Gasteiger partial charge in [-0.15, -0.1) is 0 Å². The van der Waals surface area contributed by atoms with Crippen molar-refractivity contribution in [2.24, 2.45) is 0 Å². The van der Waals surface area contributed by atoms with Crippen molar-refractivity contribution in [3.8, 4) is 0 Å². The second-order valence-electron chi connectivity index (χ2n) is 4.12. The van der Waals surface area contributed by atoms with Crippen LogP contribution in [0.2, 0.25) is 0 Å². The van der Waals surface area contributed by atoms with Crippen LogP contribution < -0.4 is 9.13 Å². The number of nitrogens with zero attached hydrogens (tertiary/aromatic N) is 2. The van der Waals surface area contributed by atoms with Gasteiger partial charge in [0, 0.05) is 13.8 Å². The highest BCUT2D eigenvalue weighted by Gasteiger charge is 2.17. The van der Waals surface area contributed by atoms with Gasteiger partial charge in [-0.1, -0.05) is 22.7 Å². The molecule has 2 heterocycles. The number of aryl methyl sites for hydroxylation is 4. The number of hydrogen-bond donors (Lipinski definition) is 0. The van der Waals surface area contributed by atoms with Gasteiger partial charge in [0.2, 0.25) is 24.1 Å². The van der Waals surface area contributed by atoms with Crippen molar-refractivity contribution >= 4 is 22.7 Å². The van der Waals surface area contributed by atoms with Gasteiger partial charge in [0.1, 0.15) is 0 Å². The number of thiazole rings is 2. The Morgan fingerprint density at radius 2 is 1.19 bits per heavy atom. The van der Waals surface area contributed by atoms with E-state index >= 15 is 0 Å². The van der Waals surface area contributed by atoms with E-state index in [1.165, 1.54) is 21.1 Å². The summed E-state index contributed by atoms with van der Waals surface area (Å²) in [7, 11) is 0. The summed E-state index contributed by atoms with van der Waals surface area (Å²) in [6.45, 7) is 10.9. The molecular weight excluding hydrogens is 236 g/mol. The molecule has 0 saturated heterocycles. The summed E-state index contributed by atoms with van der Waals surface area (Å²) in [5, 5.41) is 0. The molecule has 0 aliphatic carbocycles. The molecule has 0 aromatic carbocycles. The van der Waals surface area contributed by atoms with E-state index in [0.717, 1.165) is 13.1 Å². The maximum atomic E-state index is 2.35. The van der Waals surface area contributed by atoms with Crippen LogP contribution >= 0.6 is 22.7 Å². The second-order valence-corrected chi connectivity index (χ2v) is 6.23. The fourth-order valence-corrected chi connectivity index (χ4v) is 3.35. The largest absolute Gasteiger partial charge is 0.225 e. The maximum absolute atomic E-state index is 2.35. The molecule has 0 fully saturated rings. The lowest BCUT2D eigenvalue weighted by Crippen LogP contribution is -2.45. The SMILES string of the molecule is Cc1sc[n+](CC[n+]2csc(C)c2C)c1C. The molecule has 0 unspecified atom stereocenters. The molecule has 0 atom stereocenters. The molecular formula is C12H18N2S2+2. The predicted molar refractivity (Wildman–Crippen MR) is 68.0 cm³/mol. The molecule has 86 valence electrons. The molecule has 0 N–H and O–H groups in total. The van der Waals surface area contributed by atoms with Gasteiger partial charge < -0.3 is 0 Å². The summed E-state index contributed by atoms with van der Waals surface area (Å²) in [4.78, 5) is 2.84. The zero-order valence-electron chi connectivity index (χ0n) is 10.3. The van der Waals surface area contributed by atoms with Crippen molar-refractivity contribution in [1.29, 1.82) is 0 Å². The zero-order valence-corrected chi connectivity index (χ0v) is 11.9. The van der Waals surface area contributed by atoms with Crippen LogP contribution in [0.3, 0.4) is 0 Å². The molecule has 0 amide bonds. The first kappa shape index (κ1) is 11.7. The van der Waals surface area contributed by atoms with Crippen LogP contribution in [-0.4, -0.2) is 0 Å². The van der Waals surface area contributed by atoms with Gasteiger partial charge >= 0.3 is 0 Å². The van der Waals surface area contributed by atoms with Gasteiger partial charge in [-0.25, -0.2) is 0 Å². The van der Waals surface area contributed by atoms with Crippen molar-refractivity contribution in [3.05, 3.63) is 32.2 Å². The van der Waals surface area contributed by atoms with Crippen LogP contribution in [0.1, 0.15) is 21.1 Å². The Bertz CT molecular complexity index is 451. The highest BCUT2D eigenvalue weighted by molar-refractivity contribution is 7.09. The Morgan fingerprint density at radius 1 is 0.812 bits per heavy atom. The van der Waals surface area contributed by atoms with E-state index in [4.69, 9.17) is 0 Å². The van der Waals surface area contributed by atoms with Gasteiger partial charge in [0.25, 0.3) is 0 Å². The molecule has 0 aliphatic rings. The summed E-state index contributed by atoms with van der Waals surface area (Å²) in [6, 6.07) is 0. The lowest BCUT2D eigenvalue weighted by molar-refractivity contribution is -0.779. The quantitative estimate of drug-likeness (QED) is 0.743. The topological polar surface area (TPSA) is 7.76 Å². The van der Waals surface area contributed by atoms with Gasteiger partial charge in [0.15, 0.2) is 11.4 Å². The van der Waals surface area contributed by atoms with Crippen LogP contribution in [-0.2, 0) is 13.1 Å².